The number of thiazole rings is 1. The van der Waals surface area contributed by atoms with Crippen LogP contribution in [0.25, 0.3) is 10.2 Å². The molecule has 0 spiro atoms. The molecule has 0 radical (unpaired) electrons. The van der Waals surface area contributed by atoms with Gasteiger partial charge >= 0.3 is 6.03 Å². The Hall–Kier alpha value is -3.19. The second kappa shape index (κ2) is 14.1. The number of carbonyl (C=O) groups is 5. The van der Waals surface area contributed by atoms with E-state index >= 15 is 0 Å². The number of Topliss-reactive ketones (excluding diaryl/α,β-unsaturated/α-hetero) is 1. The van der Waals surface area contributed by atoms with Gasteiger partial charge in [-0.25, -0.2) is 14.8 Å². The average Bonchev–Trinajstić information content (AvgIpc) is 3.38. The number of para-hydroxylation sites is 1. The number of benzene rings is 1. The highest BCUT2D eigenvalue weighted by Crippen LogP contribution is 2.30. The molecule has 1 aromatic heterocycles. The molecule has 1 saturated carbocycles. The van der Waals surface area contributed by atoms with Crippen molar-refractivity contribution in [2.24, 2.45) is 5.92 Å². The largest absolute Gasteiger partial charge is 0.344 e. The van der Waals surface area contributed by atoms with E-state index in [2.05, 4.69) is 20.9 Å². The van der Waals surface area contributed by atoms with E-state index in [-0.39, 0.29) is 42.2 Å². The molecule has 3 fully saturated rings. The summed E-state index contributed by atoms with van der Waals surface area (Å²) in [6.45, 7) is 4.05. The molecule has 3 atom stereocenters. The second-order valence-electron chi connectivity index (χ2n) is 11.8. The van der Waals surface area contributed by atoms with Gasteiger partial charge in [-0.1, -0.05) is 57.0 Å². The third kappa shape index (κ3) is 7.49. The van der Waals surface area contributed by atoms with Gasteiger partial charge < -0.3 is 16.0 Å². The molecular formula is C30H40N6O5S2. The number of amides is 5. The van der Waals surface area contributed by atoms with Crippen LogP contribution in [0.5, 0.6) is 0 Å². The van der Waals surface area contributed by atoms with Crippen LogP contribution in [0.3, 0.4) is 0 Å². The van der Waals surface area contributed by atoms with Gasteiger partial charge in [0.15, 0.2) is 10.1 Å². The Balaban J connectivity index is 1.24. The Morgan fingerprint density at radius 1 is 1.02 bits per heavy atom. The standard InChI is InChI=1S/C30H40N6O5S2/c1-18(2)26(23(37)17-42-30-33-20-11-6-7-13-24(20)43-30)34-27(39)22-12-8-16-35-25(38)15-14-21(28(40)36(22)35)32-29(41)31-19-9-4-3-5-10-19/h6-7,11,13,18-19,21-22,26H,3-5,8-10,12,14-17H2,1-2H3,(H,34,39)(H2,31,32,41)/t21-,22-,26-/m0/s1. The van der Waals surface area contributed by atoms with Crippen molar-refractivity contribution in [2.45, 2.75) is 100 Å². The minimum absolute atomic E-state index is 0.0691. The van der Waals surface area contributed by atoms with Gasteiger partial charge in [-0.05, 0) is 50.2 Å². The van der Waals surface area contributed by atoms with Crippen LogP contribution in [-0.2, 0) is 19.2 Å². The molecule has 2 aromatic rings. The van der Waals surface area contributed by atoms with Crippen LogP contribution in [0.1, 0.15) is 71.6 Å². The van der Waals surface area contributed by atoms with E-state index in [1.807, 2.05) is 38.1 Å². The van der Waals surface area contributed by atoms with Crippen molar-refractivity contribution < 1.29 is 24.0 Å². The topological polar surface area (TPSA) is 141 Å². The number of fused-ring (bicyclic) bond motifs is 2. The van der Waals surface area contributed by atoms with Crippen LogP contribution in [0.15, 0.2) is 28.6 Å². The number of urea groups is 1. The number of nitrogens with zero attached hydrogens (tertiary/aromatic N) is 3. The fourth-order valence-corrected chi connectivity index (χ4v) is 8.03. The normalized spacial score (nSPS) is 22.2. The SMILES string of the molecule is CC(C)[C@H](NC(=O)[C@@H]1CCCN2C(=O)CC[C@H](NC(=O)NC3CCCCC3)C(=O)N12)C(=O)CSc1nc2ccccc2s1. The summed E-state index contributed by atoms with van der Waals surface area (Å²) in [5, 5.41) is 11.2. The number of hydrogen-bond donors (Lipinski definition) is 3. The predicted octanol–water partition coefficient (Wildman–Crippen LogP) is 3.63. The summed E-state index contributed by atoms with van der Waals surface area (Å²) in [6, 6.07) is 4.77. The number of ketones is 1. The quantitative estimate of drug-likeness (QED) is 0.360. The molecule has 11 nitrogen and oxygen atoms in total. The molecular weight excluding hydrogens is 589 g/mol. The van der Waals surface area contributed by atoms with Gasteiger partial charge in [-0.3, -0.25) is 24.2 Å². The summed E-state index contributed by atoms with van der Waals surface area (Å²) in [6.07, 6.45) is 6.22. The Morgan fingerprint density at radius 3 is 2.53 bits per heavy atom. The van der Waals surface area contributed by atoms with Crippen LogP contribution in [0.4, 0.5) is 4.79 Å². The van der Waals surface area contributed by atoms with Gasteiger partial charge in [0.05, 0.1) is 22.0 Å². The Labute approximate surface area is 259 Å². The van der Waals surface area contributed by atoms with E-state index in [4.69, 9.17) is 0 Å². The zero-order valence-corrected chi connectivity index (χ0v) is 26.3. The first-order valence-corrected chi connectivity index (χ1v) is 17.0. The van der Waals surface area contributed by atoms with Gasteiger partial charge in [0.1, 0.15) is 12.1 Å². The summed E-state index contributed by atoms with van der Waals surface area (Å²) >= 11 is 2.87. The summed E-state index contributed by atoms with van der Waals surface area (Å²) < 4.78 is 1.83. The summed E-state index contributed by atoms with van der Waals surface area (Å²) in [5.41, 5.74) is 0.883. The average molecular weight is 629 g/mol. The minimum atomic E-state index is -0.958. The lowest BCUT2D eigenvalue weighted by molar-refractivity contribution is -0.176. The number of hydrogen-bond acceptors (Lipinski definition) is 8. The molecule has 2 saturated heterocycles. The predicted molar refractivity (Wildman–Crippen MR) is 165 cm³/mol. The summed E-state index contributed by atoms with van der Waals surface area (Å²) in [7, 11) is 0. The van der Waals surface area contributed by atoms with E-state index in [0.717, 1.165) is 46.7 Å². The number of carbonyl (C=O) groups excluding carboxylic acids is 5. The number of rotatable bonds is 9. The highest BCUT2D eigenvalue weighted by atomic mass is 32.2. The van der Waals surface area contributed by atoms with Crippen LogP contribution in [0.2, 0.25) is 0 Å². The number of hydrazine groups is 1. The van der Waals surface area contributed by atoms with E-state index in [1.54, 1.807) is 0 Å². The molecule has 43 heavy (non-hydrogen) atoms. The Kier molecular flexibility index (Phi) is 10.2. The fraction of sp³-hybridized carbons (Fsp3) is 0.600. The zero-order chi connectivity index (χ0) is 30.5. The van der Waals surface area contributed by atoms with E-state index in [0.29, 0.717) is 19.4 Å². The van der Waals surface area contributed by atoms with Gasteiger partial charge in [-0.2, -0.15) is 0 Å². The molecule has 5 amide bonds. The van der Waals surface area contributed by atoms with Gasteiger partial charge in [-0.15, -0.1) is 11.3 Å². The van der Waals surface area contributed by atoms with Crippen molar-refractivity contribution in [3.8, 4) is 0 Å². The lowest BCUT2D eigenvalue weighted by Gasteiger charge is -2.43. The van der Waals surface area contributed by atoms with E-state index in [1.165, 1.54) is 33.1 Å². The van der Waals surface area contributed by atoms with Crippen LogP contribution < -0.4 is 16.0 Å². The van der Waals surface area contributed by atoms with Crippen molar-refractivity contribution in [3.63, 3.8) is 0 Å². The highest BCUT2D eigenvalue weighted by Gasteiger charge is 2.45. The molecule has 5 rings (SSSR count). The van der Waals surface area contributed by atoms with E-state index < -0.39 is 36.0 Å². The van der Waals surface area contributed by atoms with Crippen molar-refractivity contribution in [1.82, 2.24) is 31.0 Å². The van der Waals surface area contributed by atoms with Gasteiger partial charge in [0.2, 0.25) is 11.8 Å². The van der Waals surface area contributed by atoms with Gasteiger partial charge in [0, 0.05) is 19.0 Å². The van der Waals surface area contributed by atoms with E-state index in [9.17, 15) is 24.0 Å². The first-order chi connectivity index (χ1) is 20.7. The Morgan fingerprint density at radius 2 is 1.79 bits per heavy atom. The smallest absolute Gasteiger partial charge is 0.315 e. The number of aromatic nitrogens is 1. The molecule has 1 aromatic carbocycles. The molecule has 3 N–H and O–H groups in total. The second-order valence-corrected chi connectivity index (χ2v) is 14.1. The first kappa shape index (κ1) is 31.2. The van der Waals surface area contributed by atoms with Crippen LogP contribution in [-0.4, -0.2) is 81.0 Å². The van der Waals surface area contributed by atoms with Crippen molar-refractivity contribution in [2.75, 3.05) is 12.3 Å². The molecule has 13 heteroatoms. The molecule has 0 unspecified atom stereocenters. The maximum Gasteiger partial charge on any atom is 0.315 e. The maximum atomic E-state index is 13.8. The third-order valence-corrected chi connectivity index (χ3v) is 10.5. The van der Waals surface area contributed by atoms with Crippen LogP contribution >= 0.6 is 23.1 Å². The lowest BCUT2D eigenvalue weighted by Crippen LogP contribution is -2.65. The van der Waals surface area contributed by atoms with Crippen molar-refractivity contribution >= 4 is 62.9 Å². The first-order valence-electron chi connectivity index (χ1n) is 15.2. The maximum absolute atomic E-state index is 13.8. The van der Waals surface area contributed by atoms with Crippen molar-refractivity contribution in [3.05, 3.63) is 24.3 Å². The molecule has 3 aliphatic rings. The lowest BCUT2D eigenvalue weighted by atomic mass is 9.96. The zero-order valence-electron chi connectivity index (χ0n) is 24.7. The Bertz CT molecular complexity index is 1330. The minimum Gasteiger partial charge on any atom is -0.344 e. The van der Waals surface area contributed by atoms with Crippen LogP contribution in [0, 0.1) is 5.92 Å². The monoisotopic (exact) mass is 628 g/mol. The summed E-state index contributed by atoms with van der Waals surface area (Å²) in [4.78, 5) is 71.2. The molecule has 232 valence electrons. The molecule has 0 bridgehead atoms. The third-order valence-electron chi connectivity index (χ3n) is 8.33. The van der Waals surface area contributed by atoms with Gasteiger partial charge in [0.25, 0.3) is 5.91 Å². The highest BCUT2D eigenvalue weighted by molar-refractivity contribution is 8.01. The number of nitrogens with one attached hydrogen (secondary N) is 3. The fourth-order valence-electron chi connectivity index (χ4n) is 6.04. The molecule has 1 aliphatic carbocycles. The number of thioether (sulfide) groups is 1. The summed E-state index contributed by atoms with van der Waals surface area (Å²) in [5.74, 6) is -1.41. The molecule has 3 heterocycles. The molecule has 2 aliphatic heterocycles. The van der Waals surface area contributed by atoms with Crippen molar-refractivity contribution in [1.29, 1.82) is 0 Å².